The Morgan fingerprint density at radius 2 is 1.89 bits per heavy atom. The lowest BCUT2D eigenvalue weighted by Gasteiger charge is -2.03. The molecule has 0 spiro atoms. The molecule has 5 nitrogen and oxygen atoms in total. The number of hydrogen-bond donors (Lipinski definition) is 1. The molecule has 19 heavy (non-hydrogen) atoms. The minimum absolute atomic E-state index is 0.0831. The van der Waals surface area contributed by atoms with Crippen LogP contribution >= 0.6 is 0 Å². The smallest absolute Gasteiger partial charge is 0.153 e. The maximum atomic E-state index is 11.4. The fraction of sp³-hybridized carbons (Fsp3) is 0.308. The van der Waals surface area contributed by atoms with Crippen molar-refractivity contribution in [1.82, 2.24) is 9.78 Å². The van der Waals surface area contributed by atoms with Gasteiger partial charge in [-0.25, -0.2) is 13.1 Å². The van der Waals surface area contributed by atoms with Crippen molar-refractivity contribution in [3.05, 3.63) is 41.6 Å². The first kappa shape index (κ1) is 13.6. The number of benzene rings is 1. The van der Waals surface area contributed by atoms with Crippen LogP contribution in [0.5, 0.6) is 0 Å². The molecule has 0 fully saturated rings. The summed E-state index contributed by atoms with van der Waals surface area (Å²) in [5, 5.41) is 4.35. The average molecular weight is 279 g/mol. The number of nitrogens with two attached hydrogens (primary N) is 1. The third-order valence-electron chi connectivity index (χ3n) is 2.86. The molecule has 6 heteroatoms. The molecule has 0 saturated carbocycles. The van der Waals surface area contributed by atoms with Crippen LogP contribution in [0.2, 0.25) is 0 Å². The van der Waals surface area contributed by atoms with E-state index in [1.165, 1.54) is 6.26 Å². The van der Waals surface area contributed by atoms with Crippen molar-refractivity contribution in [2.24, 2.45) is 0 Å². The fourth-order valence-corrected chi connectivity index (χ4v) is 2.75. The first-order chi connectivity index (χ1) is 8.92. The second-order valence-electron chi connectivity index (χ2n) is 4.48. The Labute approximate surface area is 113 Å². The number of rotatable bonds is 4. The highest BCUT2D eigenvalue weighted by Crippen LogP contribution is 2.23. The van der Waals surface area contributed by atoms with Gasteiger partial charge in [0.1, 0.15) is 5.82 Å². The van der Waals surface area contributed by atoms with Crippen molar-refractivity contribution in [2.75, 3.05) is 12.0 Å². The Kier molecular flexibility index (Phi) is 3.61. The van der Waals surface area contributed by atoms with Crippen molar-refractivity contribution >= 4 is 15.7 Å². The van der Waals surface area contributed by atoms with Gasteiger partial charge in [0, 0.05) is 11.8 Å². The largest absolute Gasteiger partial charge is 0.383 e. The van der Waals surface area contributed by atoms with E-state index in [0.717, 1.165) is 11.3 Å². The predicted molar refractivity (Wildman–Crippen MR) is 75.9 cm³/mol. The molecular formula is C13H17N3O2S. The van der Waals surface area contributed by atoms with Gasteiger partial charge in [-0.1, -0.05) is 25.1 Å². The molecule has 2 aromatic rings. The van der Waals surface area contributed by atoms with Crippen LogP contribution < -0.4 is 5.73 Å². The van der Waals surface area contributed by atoms with E-state index >= 15 is 0 Å². The number of hydrogen-bond acceptors (Lipinski definition) is 4. The highest BCUT2D eigenvalue weighted by Gasteiger charge is 2.18. The van der Waals surface area contributed by atoms with Crippen LogP contribution in [-0.2, 0) is 22.0 Å². The normalized spacial score (nSPS) is 11.7. The van der Waals surface area contributed by atoms with Gasteiger partial charge in [-0.3, -0.25) is 0 Å². The molecule has 0 saturated heterocycles. The summed E-state index contributed by atoms with van der Waals surface area (Å²) in [6, 6.07) is 9.44. The zero-order chi connectivity index (χ0) is 14.0. The first-order valence-electron chi connectivity index (χ1n) is 6.01. The van der Waals surface area contributed by atoms with E-state index in [-0.39, 0.29) is 5.75 Å². The number of aromatic nitrogens is 2. The summed E-state index contributed by atoms with van der Waals surface area (Å²) in [5.74, 6) is 0.424. The Hall–Kier alpha value is -1.82. The van der Waals surface area contributed by atoms with Crippen molar-refractivity contribution in [1.29, 1.82) is 0 Å². The van der Waals surface area contributed by atoms with Crippen molar-refractivity contribution in [3.8, 4) is 5.69 Å². The first-order valence-corrected chi connectivity index (χ1v) is 8.08. The van der Waals surface area contributed by atoms with Gasteiger partial charge in [0.05, 0.1) is 17.1 Å². The topological polar surface area (TPSA) is 78.0 Å². The van der Waals surface area contributed by atoms with Crippen molar-refractivity contribution in [3.63, 3.8) is 0 Å². The number of nitrogens with zero attached hydrogens (tertiary/aromatic N) is 2. The van der Waals surface area contributed by atoms with Gasteiger partial charge in [0.15, 0.2) is 9.84 Å². The molecule has 0 amide bonds. The van der Waals surface area contributed by atoms with Gasteiger partial charge >= 0.3 is 0 Å². The predicted octanol–water partition coefficient (Wildman–Crippen LogP) is 1.56. The summed E-state index contributed by atoms with van der Waals surface area (Å²) in [6.45, 7) is 1.94. The molecule has 1 aromatic carbocycles. The van der Waals surface area contributed by atoms with Gasteiger partial charge < -0.3 is 5.73 Å². The van der Waals surface area contributed by atoms with Crippen LogP contribution in [0.25, 0.3) is 5.69 Å². The van der Waals surface area contributed by atoms with Crippen LogP contribution in [-0.4, -0.2) is 24.5 Å². The van der Waals surface area contributed by atoms with Gasteiger partial charge in [-0.2, -0.15) is 5.10 Å². The van der Waals surface area contributed by atoms with Crippen LogP contribution in [0.1, 0.15) is 18.2 Å². The Morgan fingerprint density at radius 3 is 2.42 bits per heavy atom. The maximum Gasteiger partial charge on any atom is 0.153 e. The standard InChI is InChI=1S/C13H17N3O2S/c1-3-11-12(9-19(2,17)18)15-16(13(11)14)10-7-5-4-6-8-10/h4-8H,3,9,14H2,1-2H3. The Balaban J connectivity index is 2.54. The summed E-state index contributed by atoms with van der Waals surface area (Å²) in [4.78, 5) is 0. The quantitative estimate of drug-likeness (QED) is 0.921. The van der Waals surface area contributed by atoms with E-state index in [0.29, 0.717) is 17.9 Å². The van der Waals surface area contributed by atoms with E-state index in [2.05, 4.69) is 5.10 Å². The van der Waals surface area contributed by atoms with E-state index in [1.54, 1.807) is 4.68 Å². The maximum absolute atomic E-state index is 11.4. The second kappa shape index (κ2) is 5.05. The second-order valence-corrected chi connectivity index (χ2v) is 6.62. The third kappa shape index (κ3) is 2.96. The monoisotopic (exact) mass is 279 g/mol. The molecule has 102 valence electrons. The Bertz CT molecular complexity index is 675. The molecular weight excluding hydrogens is 262 g/mol. The molecule has 0 aliphatic rings. The summed E-state index contributed by atoms with van der Waals surface area (Å²) >= 11 is 0. The molecule has 2 rings (SSSR count). The molecule has 0 bridgehead atoms. The lowest BCUT2D eigenvalue weighted by molar-refractivity contribution is 0.600. The van der Waals surface area contributed by atoms with E-state index in [1.807, 2.05) is 37.3 Å². The molecule has 1 heterocycles. The summed E-state index contributed by atoms with van der Waals surface area (Å²) in [5.41, 5.74) is 8.23. The molecule has 0 aliphatic heterocycles. The molecule has 2 N–H and O–H groups in total. The van der Waals surface area contributed by atoms with Crippen LogP contribution in [0, 0.1) is 0 Å². The molecule has 0 unspecified atom stereocenters. The highest BCUT2D eigenvalue weighted by atomic mass is 32.2. The SMILES string of the molecule is CCc1c(CS(C)(=O)=O)nn(-c2ccccc2)c1N. The molecule has 0 aliphatic carbocycles. The Morgan fingerprint density at radius 1 is 1.26 bits per heavy atom. The minimum atomic E-state index is -3.13. The summed E-state index contributed by atoms with van der Waals surface area (Å²) < 4.78 is 24.5. The van der Waals surface area contributed by atoms with E-state index < -0.39 is 9.84 Å². The number of nitrogen functional groups attached to an aromatic ring is 1. The lowest BCUT2D eigenvalue weighted by atomic mass is 10.2. The molecule has 0 radical (unpaired) electrons. The van der Waals surface area contributed by atoms with Crippen LogP contribution in [0.3, 0.4) is 0 Å². The number of para-hydroxylation sites is 1. The minimum Gasteiger partial charge on any atom is -0.383 e. The lowest BCUT2D eigenvalue weighted by Crippen LogP contribution is -2.04. The average Bonchev–Trinajstić information content (AvgIpc) is 2.64. The van der Waals surface area contributed by atoms with Gasteiger partial charge in [0.25, 0.3) is 0 Å². The zero-order valence-electron chi connectivity index (χ0n) is 11.0. The van der Waals surface area contributed by atoms with Crippen LogP contribution in [0.15, 0.2) is 30.3 Å². The van der Waals surface area contributed by atoms with Crippen molar-refractivity contribution in [2.45, 2.75) is 19.1 Å². The van der Waals surface area contributed by atoms with E-state index in [4.69, 9.17) is 5.73 Å². The van der Waals surface area contributed by atoms with Gasteiger partial charge in [-0.15, -0.1) is 0 Å². The van der Waals surface area contributed by atoms with Gasteiger partial charge in [0.2, 0.25) is 0 Å². The summed E-state index contributed by atoms with van der Waals surface area (Å²) in [7, 11) is -3.13. The molecule has 1 aromatic heterocycles. The zero-order valence-corrected chi connectivity index (χ0v) is 11.8. The highest BCUT2D eigenvalue weighted by molar-refractivity contribution is 7.89. The van der Waals surface area contributed by atoms with E-state index in [9.17, 15) is 8.42 Å². The fourth-order valence-electron chi connectivity index (χ4n) is 2.03. The number of sulfone groups is 1. The number of anilines is 1. The third-order valence-corrected chi connectivity index (χ3v) is 3.66. The summed E-state index contributed by atoms with van der Waals surface area (Å²) in [6.07, 6.45) is 1.85. The van der Waals surface area contributed by atoms with Crippen molar-refractivity contribution < 1.29 is 8.42 Å². The van der Waals surface area contributed by atoms with Crippen LogP contribution in [0.4, 0.5) is 5.82 Å². The molecule has 0 atom stereocenters. The van der Waals surface area contributed by atoms with Gasteiger partial charge in [-0.05, 0) is 18.6 Å².